The number of amides is 1. The van der Waals surface area contributed by atoms with Crippen molar-refractivity contribution in [3.8, 4) is 0 Å². The van der Waals surface area contributed by atoms with Crippen LogP contribution in [0.1, 0.15) is 6.42 Å². The third kappa shape index (κ3) is 1.25. The highest BCUT2D eigenvalue weighted by Crippen LogP contribution is 2.42. The van der Waals surface area contributed by atoms with Crippen molar-refractivity contribution < 1.29 is 4.79 Å². The van der Waals surface area contributed by atoms with E-state index in [1.165, 1.54) is 0 Å². The number of hydrogen-bond donors (Lipinski definition) is 1. The minimum atomic E-state index is 0.151. The van der Waals surface area contributed by atoms with Gasteiger partial charge in [0.25, 0.3) is 0 Å². The highest BCUT2D eigenvalue weighted by molar-refractivity contribution is 5.98. The summed E-state index contributed by atoms with van der Waals surface area (Å²) in [6.45, 7) is 0.867. The Labute approximate surface area is 72.4 Å². The fraction of sp³-hybridized carbons (Fsp3) is 0.667. The molecule has 1 aliphatic carbocycles. The van der Waals surface area contributed by atoms with Crippen LogP contribution in [-0.2, 0) is 4.79 Å². The van der Waals surface area contributed by atoms with Crippen molar-refractivity contribution in [2.45, 2.75) is 12.5 Å². The molecule has 1 aliphatic heterocycles. The Balaban J connectivity index is 2.02. The van der Waals surface area contributed by atoms with Gasteiger partial charge in [0.2, 0.25) is 5.91 Å². The Morgan fingerprint density at radius 2 is 2.42 bits per heavy atom. The second-order valence-corrected chi connectivity index (χ2v) is 3.84. The number of hydrogen-bond acceptors (Lipinski definition) is 2. The summed E-state index contributed by atoms with van der Waals surface area (Å²) in [6.07, 6.45) is 3.21. The number of piperidine rings is 1. The van der Waals surface area contributed by atoms with Crippen molar-refractivity contribution in [2.24, 2.45) is 5.92 Å². The average Bonchev–Trinajstić information content (AvgIpc) is 2.62. The SMILES string of the molecule is CN(C)C/C=C1/C(=O)NC2CC12. The quantitative estimate of drug-likeness (QED) is 0.585. The number of fused-ring (bicyclic) bond motifs is 1. The molecule has 2 rings (SSSR count). The molecule has 0 spiro atoms. The van der Waals surface area contributed by atoms with Crippen LogP contribution in [0.3, 0.4) is 0 Å². The van der Waals surface area contributed by atoms with Gasteiger partial charge in [0.15, 0.2) is 0 Å². The monoisotopic (exact) mass is 166 g/mol. The second kappa shape index (κ2) is 2.59. The van der Waals surface area contributed by atoms with Crippen molar-refractivity contribution in [2.75, 3.05) is 20.6 Å². The first-order valence-corrected chi connectivity index (χ1v) is 4.34. The van der Waals surface area contributed by atoms with Gasteiger partial charge in [-0.2, -0.15) is 0 Å². The Morgan fingerprint density at radius 1 is 1.67 bits per heavy atom. The normalized spacial score (nSPS) is 35.6. The topological polar surface area (TPSA) is 32.3 Å². The number of likely N-dealkylation sites (N-methyl/N-ethyl adjacent to an activating group) is 1. The molecule has 2 fully saturated rings. The highest BCUT2D eigenvalue weighted by Gasteiger charge is 2.49. The molecule has 0 aromatic heterocycles. The van der Waals surface area contributed by atoms with Crippen molar-refractivity contribution in [3.05, 3.63) is 11.6 Å². The lowest BCUT2D eigenvalue weighted by Crippen LogP contribution is -2.20. The molecule has 1 amide bonds. The standard InChI is InChI=1S/C9H14N2O/c1-11(2)4-3-6-7-5-8(7)10-9(6)12/h3,7-8H,4-5H2,1-2H3,(H,10,12)/b6-3+. The maximum absolute atomic E-state index is 11.2. The highest BCUT2D eigenvalue weighted by atomic mass is 16.2. The predicted octanol–water partition coefficient (Wildman–Crippen LogP) is -0.00730. The Hall–Kier alpha value is -0.830. The number of carbonyl (C=O) groups is 1. The number of nitrogens with zero attached hydrogens (tertiary/aromatic N) is 1. The van der Waals surface area contributed by atoms with Gasteiger partial charge in [-0.15, -0.1) is 0 Å². The summed E-state index contributed by atoms with van der Waals surface area (Å²) in [5.41, 5.74) is 1.01. The van der Waals surface area contributed by atoms with Gasteiger partial charge in [-0.05, 0) is 20.5 Å². The van der Waals surface area contributed by atoms with E-state index in [-0.39, 0.29) is 5.91 Å². The van der Waals surface area contributed by atoms with Gasteiger partial charge in [0.1, 0.15) is 0 Å². The van der Waals surface area contributed by atoms with Crippen LogP contribution in [0.25, 0.3) is 0 Å². The Morgan fingerprint density at radius 3 is 2.92 bits per heavy atom. The predicted molar refractivity (Wildman–Crippen MR) is 46.7 cm³/mol. The molecule has 0 aromatic rings. The summed E-state index contributed by atoms with van der Waals surface area (Å²) in [5.74, 6) is 0.690. The minimum Gasteiger partial charge on any atom is -0.349 e. The van der Waals surface area contributed by atoms with Gasteiger partial charge in [0, 0.05) is 24.1 Å². The largest absolute Gasteiger partial charge is 0.349 e. The van der Waals surface area contributed by atoms with E-state index in [4.69, 9.17) is 0 Å². The number of carbonyl (C=O) groups excluding carboxylic acids is 1. The van der Waals surface area contributed by atoms with Crippen molar-refractivity contribution in [1.29, 1.82) is 0 Å². The fourth-order valence-corrected chi connectivity index (χ4v) is 1.64. The van der Waals surface area contributed by atoms with E-state index in [1.54, 1.807) is 0 Å². The minimum absolute atomic E-state index is 0.151. The smallest absolute Gasteiger partial charge is 0.247 e. The van der Waals surface area contributed by atoms with E-state index >= 15 is 0 Å². The molecule has 2 atom stereocenters. The molecule has 1 heterocycles. The molecule has 3 nitrogen and oxygen atoms in total. The summed E-state index contributed by atoms with van der Waals surface area (Å²) < 4.78 is 0. The van der Waals surface area contributed by atoms with Gasteiger partial charge in [-0.1, -0.05) is 6.08 Å². The van der Waals surface area contributed by atoms with Crippen molar-refractivity contribution in [1.82, 2.24) is 10.2 Å². The van der Waals surface area contributed by atoms with E-state index in [0.717, 1.165) is 18.5 Å². The maximum Gasteiger partial charge on any atom is 0.247 e. The van der Waals surface area contributed by atoms with E-state index in [9.17, 15) is 4.79 Å². The number of nitrogens with one attached hydrogen (secondary N) is 1. The summed E-state index contributed by atoms with van der Waals surface area (Å²) in [4.78, 5) is 13.3. The van der Waals surface area contributed by atoms with Crippen LogP contribution >= 0.6 is 0 Å². The van der Waals surface area contributed by atoms with Gasteiger partial charge in [0.05, 0.1) is 0 Å². The molecule has 1 saturated heterocycles. The van der Waals surface area contributed by atoms with Crippen LogP contribution in [0.5, 0.6) is 0 Å². The fourth-order valence-electron chi connectivity index (χ4n) is 1.64. The molecular formula is C9H14N2O. The van der Waals surface area contributed by atoms with Crippen LogP contribution < -0.4 is 5.32 Å². The Kier molecular flexibility index (Phi) is 1.68. The summed E-state index contributed by atoms with van der Waals surface area (Å²) in [6, 6.07) is 0.478. The number of rotatable bonds is 2. The third-order valence-corrected chi connectivity index (χ3v) is 2.44. The van der Waals surface area contributed by atoms with Crippen LogP contribution in [-0.4, -0.2) is 37.5 Å². The lowest BCUT2D eigenvalue weighted by atomic mass is 10.1. The lowest BCUT2D eigenvalue weighted by molar-refractivity contribution is -0.116. The molecule has 0 aromatic carbocycles. The summed E-state index contributed by atoms with van der Waals surface area (Å²) in [7, 11) is 4.02. The first kappa shape index (κ1) is 7.80. The van der Waals surface area contributed by atoms with Crippen LogP contribution in [0.2, 0.25) is 0 Å². The maximum atomic E-state index is 11.2. The second-order valence-electron chi connectivity index (χ2n) is 3.84. The van der Waals surface area contributed by atoms with Gasteiger partial charge < -0.3 is 10.2 Å². The lowest BCUT2D eigenvalue weighted by Gasteiger charge is -2.05. The molecule has 0 radical (unpaired) electrons. The summed E-state index contributed by atoms with van der Waals surface area (Å²) in [5, 5.41) is 2.94. The molecule has 3 heteroatoms. The van der Waals surface area contributed by atoms with E-state index in [2.05, 4.69) is 10.2 Å². The first-order chi connectivity index (χ1) is 5.68. The molecule has 66 valence electrons. The first-order valence-electron chi connectivity index (χ1n) is 4.34. The zero-order valence-corrected chi connectivity index (χ0v) is 7.50. The molecule has 0 bridgehead atoms. The van der Waals surface area contributed by atoms with E-state index in [0.29, 0.717) is 12.0 Å². The molecule has 1 N–H and O–H groups in total. The van der Waals surface area contributed by atoms with Crippen LogP contribution in [0.15, 0.2) is 11.6 Å². The molecule has 2 aliphatic rings. The van der Waals surface area contributed by atoms with Crippen molar-refractivity contribution in [3.63, 3.8) is 0 Å². The zero-order chi connectivity index (χ0) is 8.72. The molecule has 12 heavy (non-hydrogen) atoms. The molecular weight excluding hydrogens is 152 g/mol. The summed E-state index contributed by atoms with van der Waals surface area (Å²) >= 11 is 0. The Bertz CT molecular complexity index is 245. The van der Waals surface area contributed by atoms with Gasteiger partial charge >= 0.3 is 0 Å². The van der Waals surface area contributed by atoms with Crippen molar-refractivity contribution >= 4 is 5.91 Å². The molecule has 2 unspecified atom stereocenters. The third-order valence-electron chi connectivity index (χ3n) is 2.44. The van der Waals surface area contributed by atoms with E-state index in [1.807, 2.05) is 20.2 Å². The van der Waals surface area contributed by atoms with Crippen LogP contribution in [0, 0.1) is 5.92 Å². The van der Waals surface area contributed by atoms with E-state index < -0.39 is 0 Å². The molecule has 1 saturated carbocycles. The van der Waals surface area contributed by atoms with Crippen LogP contribution in [0.4, 0.5) is 0 Å². The van der Waals surface area contributed by atoms with Gasteiger partial charge in [-0.3, -0.25) is 4.79 Å². The average molecular weight is 166 g/mol. The zero-order valence-electron chi connectivity index (χ0n) is 7.50. The van der Waals surface area contributed by atoms with Gasteiger partial charge in [-0.25, -0.2) is 0 Å².